The zero-order valence-corrected chi connectivity index (χ0v) is 7.83. The summed E-state index contributed by atoms with van der Waals surface area (Å²) in [5.41, 5.74) is 0. The third-order valence-corrected chi connectivity index (χ3v) is 2.17. The number of alkyl halides is 1. The summed E-state index contributed by atoms with van der Waals surface area (Å²) in [5, 5.41) is 0. The van der Waals surface area contributed by atoms with Crippen molar-refractivity contribution in [3.63, 3.8) is 0 Å². The molecule has 0 aliphatic carbocycles. The topological polar surface area (TPSA) is 29.0 Å². The van der Waals surface area contributed by atoms with Gasteiger partial charge in [0.1, 0.15) is 10.8 Å². The zero-order valence-electron chi connectivity index (χ0n) is 6.24. The molecular formula is C7H7BrFN3. The summed E-state index contributed by atoms with van der Waals surface area (Å²) in [6, 6.07) is 1.75. The quantitative estimate of drug-likeness (QED) is 0.685. The highest BCUT2D eigenvalue weighted by atomic mass is 79.9. The Balaban J connectivity index is 2.13. The predicted octanol–water partition coefficient (Wildman–Crippen LogP) is 1.40. The van der Waals surface area contributed by atoms with Crippen molar-refractivity contribution in [2.24, 2.45) is 0 Å². The van der Waals surface area contributed by atoms with Gasteiger partial charge in [-0.1, -0.05) is 0 Å². The number of aromatic nitrogens is 2. The van der Waals surface area contributed by atoms with E-state index in [1.165, 1.54) is 0 Å². The third kappa shape index (κ3) is 1.41. The molecule has 1 aromatic heterocycles. The normalized spacial score (nSPS) is 17.7. The van der Waals surface area contributed by atoms with Crippen LogP contribution >= 0.6 is 15.9 Å². The first-order valence-corrected chi connectivity index (χ1v) is 4.42. The van der Waals surface area contributed by atoms with Gasteiger partial charge in [-0.15, -0.1) is 0 Å². The Bertz CT molecular complexity index is 288. The summed E-state index contributed by atoms with van der Waals surface area (Å²) < 4.78 is 13.2. The first-order chi connectivity index (χ1) is 5.75. The van der Waals surface area contributed by atoms with Crippen molar-refractivity contribution in [1.29, 1.82) is 0 Å². The summed E-state index contributed by atoms with van der Waals surface area (Å²) >= 11 is 3.23. The predicted molar refractivity (Wildman–Crippen MR) is 46.8 cm³/mol. The number of anilines is 1. The van der Waals surface area contributed by atoms with E-state index in [1.807, 2.05) is 0 Å². The minimum absolute atomic E-state index is 0.413. The molecule has 64 valence electrons. The van der Waals surface area contributed by atoms with E-state index in [4.69, 9.17) is 0 Å². The van der Waals surface area contributed by atoms with Gasteiger partial charge in [0.25, 0.3) is 0 Å². The van der Waals surface area contributed by atoms with Crippen LogP contribution in [0.2, 0.25) is 0 Å². The maximum absolute atomic E-state index is 12.4. The van der Waals surface area contributed by atoms with Crippen molar-refractivity contribution in [1.82, 2.24) is 9.97 Å². The molecule has 2 rings (SSSR count). The molecule has 0 saturated carbocycles. The van der Waals surface area contributed by atoms with Gasteiger partial charge in [-0.2, -0.15) is 0 Å². The summed E-state index contributed by atoms with van der Waals surface area (Å²) in [6.45, 7) is 0.826. The first-order valence-electron chi connectivity index (χ1n) is 3.63. The lowest BCUT2D eigenvalue weighted by molar-refractivity contribution is 0.272. The van der Waals surface area contributed by atoms with Crippen LogP contribution in [0.3, 0.4) is 0 Å². The largest absolute Gasteiger partial charge is 0.335 e. The lowest BCUT2D eigenvalue weighted by Crippen LogP contribution is -2.49. The molecule has 0 N–H and O–H groups in total. The number of nitrogens with zero attached hydrogens (tertiary/aromatic N) is 3. The van der Waals surface area contributed by atoms with Gasteiger partial charge in [0, 0.05) is 6.20 Å². The van der Waals surface area contributed by atoms with Crippen molar-refractivity contribution in [2.45, 2.75) is 6.17 Å². The molecule has 1 aromatic rings. The van der Waals surface area contributed by atoms with Gasteiger partial charge in [-0.3, -0.25) is 0 Å². The fraction of sp³-hybridized carbons (Fsp3) is 0.429. The molecule has 1 saturated heterocycles. The van der Waals surface area contributed by atoms with Crippen LogP contribution in [0.5, 0.6) is 0 Å². The molecule has 0 spiro atoms. The second kappa shape index (κ2) is 2.97. The lowest BCUT2D eigenvalue weighted by atomic mass is 10.2. The fourth-order valence-corrected chi connectivity index (χ4v) is 1.34. The molecule has 0 amide bonds. The van der Waals surface area contributed by atoms with Crippen LogP contribution < -0.4 is 4.90 Å². The van der Waals surface area contributed by atoms with E-state index in [0.717, 1.165) is 4.60 Å². The molecule has 1 fully saturated rings. The molecule has 0 aromatic carbocycles. The maximum atomic E-state index is 12.4. The summed E-state index contributed by atoms with van der Waals surface area (Å²) in [6.07, 6.45) is 0.936. The monoisotopic (exact) mass is 231 g/mol. The Morgan fingerprint density at radius 1 is 1.58 bits per heavy atom. The Hall–Kier alpha value is -0.710. The van der Waals surface area contributed by atoms with Gasteiger partial charge in [0.2, 0.25) is 5.95 Å². The van der Waals surface area contributed by atoms with E-state index in [-0.39, 0.29) is 0 Å². The molecule has 12 heavy (non-hydrogen) atoms. The fourth-order valence-electron chi connectivity index (χ4n) is 1.07. The second-order valence-electron chi connectivity index (χ2n) is 2.68. The van der Waals surface area contributed by atoms with E-state index < -0.39 is 6.17 Å². The van der Waals surface area contributed by atoms with Crippen molar-refractivity contribution >= 4 is 21.9 Å². The molecule has 0 radical (unpaired) electrons. The minimum Gasteiger partial charge on any atom is -0.335 e. The zero-order chi connectivity index (χ0) is 8.55. The van der Waals surface area contributed by atoms with Crippen LogP contribution in [0.1, 0.15) is 0 Å². The Kier molecular flexibility index (Phi) is 1.96. The van der Waals surface area contributed by atoms with Crippen LogP contribution in [-0.2, 0) is 0 Å². The molecule has 5 heteroatoms. The Morgan fingerprint density at radius 3 is 2.92 bits per heavy atom. The van der Waals surface area contributed by atoms with Crippen LogP contribution in [0.4, 0.5) is 10.3 Å². The van der Waals surface area contributed by atoms with Crippen molar-refractivity contribution in [3.8, 4) is 0 Å². The van der Waals surface area contributed by atoms with Gasteiger partial charge in [0.15, 0.2) is 0 Å². The van der Waals surface area contributed by atoms with Gasteiger partial charge in [-0.25, -0.2) is 14.4 Å². The number of rotatable bonds is 1. The SMILES string of the molecule is FC1CN(c2nccc(Br)n2)C1. The summed E-state index contributed by atoms with van der Waals surface area (Å²) in [5.74, 6) is 0.596. The molecule has 0 unspecified atom stereocenters. The molecule has 2 heterocycles. The van der Waals surface area contributed by atoms with E-state index in [0.29, 0.717) is 19.0 Å². The van der Waals surface area contributed by atoms with Gasteiger partial charge in [-0.05, 0) is 22.0 Å². The second-order valence-corrected chi connectivity index (χ2v) is 3.49. The average Bonchev–Trinajstić information content (AvgIpc) is 1.99. The maximum Gasteiger partial charge on any atom is 0.226 e. The average molecular weight is 232 g/mol. The standard InChI is InChI=1S/C7H7BrFN3/c8-6-1-2-10-7(11-6)12-3-5(9)4-12/h1-2,5H,3-4H2. The molecule has 1 aliphatic heterocycles. The van der Waals surface area contributed by atoms with Gasteiger partial charge >= 0.3 is 0 Å². The highest BCUT2D eigenvalue weighted by Crippen LogP contribution is 2.19. The number of hydrogen-bond acceptors (Lipinski definition) is 3. The molecule has 0 atom stereocenters. The van der Waals surface area contributed by atoms with Crippen molar-refractivity contribution in [2.75, 3.05) is 18.0 Å². The van der Waals surface area contributed by atoms with E-state index in [9.17, 15) is 4.39 Å². The lowest BCUT2D eigenvalue weighted by Gasteiger charge is -2.34. The third-order valence-electron chi connectivity index (χ3n) is 1.73. The number of halogens is 2. The van der Waals surface area contributed by atoms with E-state index >= 15 is 0 Å². The smallest absolute Gasteiger partial charge is 0.226 e. The highest BCUT2D eigenvalue weighted by molar-refractivity contribution is 9.10. The Labute approximate surface area is 77.8 Å². The van der Waals surface area contributed by atoms with Crippen molar-refractivity contribution < 1.29 is 4.39 Å². The van der Waals surface area contributed by atoms with Crippen LogP contribution in [0.15, 0.2) is 16.9 Å². The van der Waals surface area contributed by atoms with Crippen LogP contribution in [-0.4, -0.2) is 29.2 Å². The van der Waals surface area contributed by atoms with Gasteiger partial charge < -0.3 is 4.90 Å². The summed E-state index contributed by atoms with van der Waals surface area (Å²) in [4.78, 5) is 9.91. The van der Waals surface area contributed by atoms with Crippen LogP contribution in [0, 0.1) is 0 Å². The van der Waals surface area contributed by atoms with Crippen LogP contribution in [0.25, 0.3) is 0 Å². The molecule has 3 nitrogen and oxygen atoms in total. The molecule has 0 bridgehead atoms. The minimum atomic E-state index is -0.715. The van der Waals surface area contributed by atoms with E-state index in [2.05, 4.69) is 25.9 Å². The van der Waals surface area contributed by atoms with Crippen molar-refractivity contribution in [3.05, 3.63) is 16.9 Å². The molecule has 1 aliphatic rings. The first kappa shape index (κ1) is 7.91. The Morgan fingerprint density at radius 2 is 2.33 bits per heavy atom. The highest BCUT2D eigenvalue weighted by Gasteiger charge is 2.28. The molecular weight excluding hydrogens is 225 g/mol. The van der Waals surface area contributed by atoms with E-state index in [1.54, 1.807) is 17.2 Å². The summed E-state index contributed by atoms with van der Waals surface area (Å²) in [7, 11) is 0. The van der Waals surface area contributed by atoms with Gasteiger partial charge in [0.05, 0.1) is 13.1 Å². The number of hydrogen-bond donors (Lipinski definition) is 0.